The van der Waals surface area contributed by atoms with Gasteiger partial charge >= 0.3 is 0 Å². The van der Waals surface area contributed by atoms with Crippen molar-refractivity contribution in [3.05, 3.63) is 190 Å². The van der Waals surface area contributed by atoms with Crippen LogP contribution in [-0.4, -0.2) is 4.57 Å². The normalized spacial score (nSPS) is 21.5. The van der Waals surface area contributed by atoms with Crippen LogP contribution >= 0.6 is 0 Å². The lowest BCUT2D eigenvalue weighted by molar-refractivity contribution is 0.458. The number of fused-ring (bicyclic) bond motifs is 3. The monoisotopic (exact) mass is 733 g/mol. The van der Waals surface area contributed by atoms with Gasteiger partial charge in [-0.2, -0.15) is 5.26 Å². The van der Waals surface area contributed by atoms with Crippen molar-refractivity contribution < 1.29 is 0 Å². The third-order valence-corrected chi connectivity index (χ3v) is 11.8. The van der Waals surface area contributed by atoms with E-state index in [1.807, 2.05) is 38.1 Å². The molecule has 1 aliphatic heterocycles. The Kier molecular flexibility index (Phi) is 11.3. The lowest BCUT2D eigenvalue weighted by Gasteiger charge is -2.31. The predicted molar refractivity (Wildman–Crippen MR) is 238 cm³/mol. The molecule has 56 heavy (non-hydrogen) atoms. The van der Waals surface area contributed by atoms with E-state index in [0.717, 1.165) is 48.9 Å². The fourth-order valence-corrected chi connectivity index (χ4v) is 8.98. The van der Waals surface area contributed by atoms with Gasteiger partial charge in [0, 0.05) is 45.4 Å². The molecule has 0 saturated heterocycles. The Morgan fingerprint density at radius 2 is 1.61 bits per heavy atom. The zero-order valence-electron chi connectivity index (χ0n) is 34.0. The molecule has 0 radical (unpaired) electrons. The van der Waals surface area contributed by atoms with Crippen LogP contribution in [0.1, 0.15) is 118 Å². The molecule has 8 rings (SSSR count). The Hall–Kier alpha value is -5.85. The van der Waals surface area contributed by atoms with Gasteiger partial charge in [0.15, 0.2) is 0 Å². The molecule has 0 fully saturated rings. The Morgan fingerprint density at radius 3 is 2.39 bits per heavy atom. The minimum atomic E-state index is -0.0346. The Morgan fingerprint density at radius 1 is 0.857 bits per heavy atom. The fourth-order valence-electron chi connectivity index (χ4n) is 8.98. The van der Waals surface area contributed by atoms with Gasteiger partial charge in [0.2, 0.25) is 0 Å². The number of benzene rings is 3. The van der Waals surface area contributed by atoms with E-state index >= 15 is 0 Å². The molecule has 3 heteroatoms. The summed E-state index contributed by atoms with van der Waals surface area (Å²) in [5.74, 6) is 0.149. The lowest BCUT2D eigenvalue weighted by atomic mass is 9.76. The van der Waals surface area contributed by atoms with Crippen molar-refractivity contribution in [3.63, 3.8) is 0 Å². The third kappa shape index (κ3) is 7.29. The van der Waals surface area contributed by atoms with Crippen molar-refractivity contribution in [1.82, 2.24) is 9.88 Å². The highest BCUT2D eigenvalue weighted by atomic mass is 15.0. The Bertz CT molecular complexity index is 2410. The molecule has 1 aromatic heterocycles. The smallest absolute Gasteiger partial charge is 0.0991 e. The van der Waals surface area contributed by atoms with Crippen molar-refractivity contribution in [2.75, 3.05) is 0 Å². The van der Waals surface area contributed by atoms with Gasteiger partial charge in [-0.25, -0.2) is 0 Å². The van der Waals surface area contributed by atoms with Crippen molar-refractivity contribution in [3.8, 4) is 22.9 Å². The Balaban J connectivity index is 0.00000237. The number of hydrogen-bond acceptors (Lipinski definition) is 2. The first-order valence-electron chi connectivity index (χ1n) is 20.5. The highest BCUT2D eigenvalue weighted by molar-refractivity contribution is 5.88. The van der Waals surface area contributed by atoms with Crippen molar-refractivity contribution in [2.45, 2.75) is 85.6 Å². The van der Waals surface area contributed by atoms with Crippen LogP contribution in [0, 0.1) is 16.7 Å². The molecule has 3 aromatic carbocycles. The predicted octanol–water partition coefficient (Wildman–Crippen LogP) is 13.9. The summed E-state index contributed by atoms with van der Waals surface area (Å²) in [7, 11) is 0. The summed E-state index contributed by atoms with van der Waals surface area (Å²) in [6.07, 6.45) is 27.7. The summed E-state index contributed by atoms with van der Waals surface area (Å²) in [6.45, 7) is 17.4. The van der Waals surface area contributed by atoms with Gasteiger partial charge < -0.3 is 9.88 Å². The van der Waals surface area contributed by atoms with Crippen molar-refractivity contribution in [2.24, 2.45) is 5.41 Å². The summed E-state index contributed by atoms with van der Waals surface area (Å²) in [6, 6.07) is 28.4. The van der Waals surface area contributed by atoms with Gasteiger partial charge in [0.05, 0.1) is 17.7 Å². The molecule has 0 amide bonds. The molecule has 2 heterocycles. The Labute approximate surface area is 335 Å². The SMILES string of the molecule is C=C/C=C\C1=C(/C)C(C)c2c(c3c(n2-c2cc(C4=CC(c5ccccc5)NC5=C4C=CCC5)cc(-c4cccc(C#N)c4)c2)CCC=C3)/C=C\CC1(C)C.CC. The highest BCUT2D eigenvalue weighted by Crippen LogP contribution is 2.46. The van der Waals surface area contributed by atoms with Crippen LogP contribution in [0.4, 0.5) is 0 Å². The molecule has 0 bridgehead atoms. The van der Waals surface area contributed by atoms with E-state index in [-0.39, 0.29) is 17.4 Å². The summed E-state index contributed by atoms with van der Waals surface area (Å²) < 4.78 is 2.60. The molecule has 4 aromatic rings. The van der Waals surface area contributed by atoms with E-state index in [2.05, 4.69) is 160 Å². The quantitative estimate of drug-likeness (QED) is 0.200. The topological polar surface area (TPSA) is 40.8 Å². The number of nitrogens with zero attached hydrogens (tertiary/aromatic N) is 2. The number of aromatic nitrogens is 1. The average molecular weight is 734 g/mol. The number of hydrogen-bond donors (Lipinski definition) is 1. The molecule has 0 saturated carbocycles. The number of rotatable bonds is 6. The zero-order chi connectivity index (χ0) is 39.4. The number of nitriles is 1. The lowest BCUT2D eigenvalue weighted by Crippen LogP contribution is -2.25. The summed E-state index contributed by atoms with van der Waals surface area (Å²) in [4.78, 5) is 0. The minimum Gasteiger partial charge on any atom is -0.377 e. The minimum absolute atomic E-state index is 0.0346. The largest absolute Gasteiger partial charge is 0.377 e. The molecule has 1 N–H and O–H groups in total. The summed E-state index contributed by atoms with van der Waals surface area (Å²) >= 11 is 0. The van der Waals surface area contributed by atoms with E-state index in [4.69, 9.17) is 0 Å². The maximum absolute atomic E-state index is 9.93. The molecular formula is C53H55N3. The number of dihydropyridines is 1. The van der Waals surface area contributed by atoms with Crippen LogP contribution in [0.25, 0.3) is 34.5 Å². The number of allylic oxidation sites excluding steroid dienone is 12. The molecule has 3 nitrogen and oxygen atoms in total. The first-order valence-corrected chi connectivity index (χ1v) is 20.5. The first-order chi connectivity index (χ1) is 27.3. The second-order valence-corrected chi connectivity index (χ2v) is 15.7. The van der Waals surface area contributed by atoms with E-state index in [1.165, 1.54) is 61.6 Å². The number of nitrogens with one attached hydrogen (secondary N) is 1. The molecule has 0 spiro atoms. The third-order valence-electron chi connectivity index (χ3n) is 11.8. The fraction of sp³-hybridized carbons (Fsp3) is 0.264. The van der Waals surface area contributed by atoms with Gasteiger partial charge in [-0.05, 0) is 114 Å². The molecule has 4 aliphatic rings. The van der Waals surface area contributed by atoms with Crippen molar-refractivity contribution >= 4 is 17.7 Å². The van der Waals surface area contributed by atoms with Crippen LogP contribution < -0.4 is 5.32 Å². The maximum atomic E-state index is 9.93. The molecule has 3 aliphatic carbocycles. The standard InChI is InChI=1S/C51H49N3.C2H6/c1-6-7-24-46-34(2)35(3)50-44(23-16-27-51(46,4)5)43-22-12-14-26-49(43)54(50)41-30-39(38-20-15-17-36(28-38)33-52)29-40(31-41)45-32-48(37-18-9-8-10-19-37)53-47-25-13-11-21-42(45)47;1-2/h6-12,15-24,28-32,35,48,53H,1,13-14,25-27H2,2-5H3;1-2H3/b23-16-,24-7-,46-34-;. The zero-order valence-corrected chi connectivity index (χ0v) is 34.0. The van der Waals surface area contributed by atoms with Crippen molar-refractivity contribution in [1.29, 1.82) is 5.26 Å². The molecule has 282 valence electrons. The van der Waals surface area contributed by atoms with Crippen LogP contribution in [0.3, 0.4) is 0 Å². The summed E-state index contributed by atoms with van der Waals surface area (Å²) in [5, 5.41) is 13.8. The van der Waals surface area contributed by atoms with Crippen LogP contribution in [0.15, 0.2) is 150 Å². The van der Waals surface area contributed by atoms with Crippen LogP contribution in [0.5, 0.6) is 0 Å². The van der Waals surface area contributed by atoms with Crippen LogP contribution in [0.2, 0.25) is 0 Å². The van der Waals surface area contributed by atoms with Gasteiger partial charge in [-0.3, -0.25) is 0 Å². The van der Waals surface area contributed by atoms with E-state index in [9.17, 15) is 5.26 Å². The van der Waals surface area contributed by atoms with Gasteiger partial charge in [-0.1, -0.05) is 144 Å². The van der Waals surface area contributed by atoms with Gasteiger partial charge in [0.1, 0.15) is 0 Å². The molecular weight excluding hydrogens is 679 g/mol. The van der Waals surface area contributed by atoms with E-state index < -0.39 is 0 Å². The van der Waals surface area contributed by atoms with E-state index in [1.54, 1.807) is 0 Å². The second kappa shape index (κ2) is 16.5. The van der Waals surface area contributed by atoms with E-state index in [0.29, 0.717) is 5.56 Å². The summed E-state index contributed by atoms with van der Waals surface area (Å²) in [5.41, 5.74) is 18.3. The highest BCUT2D eigenvalue weighted by Gasteiger charge is 2.32. The average Bonchev–Trinajstić information content (AvgIpc) is 3.58. The van der Waals surface area contributed by atoms with Gasteiger partial charge in [0.25, 0.3) is 0 Å². The van der Waals surface area contributed by atoms with Gasteiger partial charge in [-0.15, -0.1) is 0 Å². The first kappa shape index (κ1) is 38.4. The molecule has 2 unspecified atom stereocenters. The van der Waals surface area contributed by atoms with Crippen LogP contribution in [-0.2, 0) is 6.42 Å². The molecule has 2 atom stereocenters. The maximum Gasteiger partial charge on any atom is 0.0991 e. The second-order valence-electron chi connectivity index (χ2n) is 15.7.